The van der Waals surface area contributed by atoms with Crippen LogP contribution in [0, 0.1) is 0 Å². The highest BCUT2D eigenvalue weighted by atomic mass is 32.2. The molecule has 2 rings (SSSR count). The molecule has 0 spiro atoms. The molecule has 0 saturated heterocycles. The van der Waals surface area contributed by atoms with Gasteiger partial charge in [0.2, 0.25) is 0 Å². The molecule has 19 heavy (non-hydrogen) atoms. The van der Waals surface area contributed by atoms with E-state index in [1.165, 1.54) is 16.2 Å². The van der Waals surface area contributed by atoms with Crippen molar-refractivity contribution in [2.45, 2.75) is 46.2 Å². The highest BCUT2D eigenvalue weighted by Crippen LogP contribution is 2.42. The van der Waals surface area contributed by atoms with E-state index in [9.17, 15) is 0 Å². The van der Waals surface area contributed by atoms with E-state index in [1.54, 1.807) is 0 Å². The number of hydrogen-bond acceptors (Lipinski definition) is 3. The van der Waals surface area contributed by atoms with E-state index in [0.29, 0.717) is 6.04 Å². The lowest BCUT2D eigenvalue weighted by Crippen LogP contribution is -2.37. The summed E-state index contributed by atoms with van der Waals surface area (Å²) in [7, 11) is 0. The number of nitrogens with one attached hydrogen (secondary N) is 1. The average Bonchev–Trinajstić information content (AvgIpc) is 2.73. The van der Waals surface area contributed by atoms with E-state index < -0.39 is 0 Å². The van der Waals surface area contributed by atoms with Crippen molar-refractivity contribution in [3.05, 3.63) is 41.6 Å². The van der Waals surface area contributed by atoms with Crippen LogP contribution in [-0.2, 0) is 0 Å². The van der Waals surface area contributed by atoms with E-state index >= 15 is 0 Å². The Kier molecular flexibility index (Phi) is 4.26. The summed E-state index contributed by atoms with van der Waals surface area (Å²) in [4.78, 5) is 1.37. The van der Waals surface area contributed by atoms with Crippen molar-refractivity contribution in [2.24, 2.45) is 0 Å². The lowest BCUT2D eigenvalue weighted by Gasteiger charge is -2.30. The summed E-state index contributed by atoms with van der Waals surface area (Å²) < 4.78 is 2.44. The van der Waals surface area contributed by atoms with Crippen molar-refractivity contribution in [2.75, 3.05) is 6.54 Å². The first-order valence-corrected chi connectivity index (χ1v) is 7.66. The monoisotopic (exact) mass is 276 g/mol. The summed E-state index contributed by atoms with van der Waals surface area (Å²) in [6.45, 7) is 12.2. The summed E-state index contributed by atoms with van der Waals surface area (Å²) in [5, 5.41) is 3.61. The molecule has 2 nitrogen and oxygen atoms in total. The zero-order chi connectivity index (χ0) is 14.0. The van der Waals surface area contributed by atoms with Gasteiger partial charge in [-0.1, -0.05) is 30.3 Å². The molecule has 1 N–H and O–H groups in total. The SMILES string of the molecule is CC(C)NC1=C(c2ccccc2)SN(C(C)(C)C)C1. The van der Waals surface area contributed by atoms with Gasteiger partial charge in [0, 0.05) is 17.3 Å². The van der Waals surface area contributed by atoms with Gasteiger partial charge in [0.25, 0.3) is 0 Å². The third-order valence-electron chi connectivity index (χ3n) is 3.02. The molecular weight excluding hydrogens is 252 g/mol. The Balaban J connectivity index is 2.29. The minimum absolute atomic E-state index is 0.172. The molecule has 0 unspecified atom stereocenters. The maximum absolute atomic E-state index is 3.61. The second-order valence-corrected chi connectivity index (χ2v) is 7.30. The molecule has 0 aromatic heterocycles. The molecular formula is C16H24N2S. The molecule has 0 atom stereocenters. The Morgan fingerprint density at radius 2 is 1.79 bits per heavy atom. The molecule has 0 bridgehead atoms. The van der Waals surface area contributed by atoms with Crippen LogP contribution in [0.15, 0.2) is 36.0 Å². The fourth-order valence-electron chi connectivity index (χ4n) is 2.06. The molecule has 0 aliphatic carbocycles. The van der Waals surface area contributed by atoms with Crippen LogP contribution in [0.4, 0.5) is 0 Å². The molecule has 1 heterocycles. The Hall–Kier alpha value is -0.930. The van der Waals surface area contributed by atoms with Crippen LogP contribution in [0.3, 0.4) is 0 Å². The zero-order valence-corrected chi connectivity index (χ0v) is 13.3. The Labute approximate surface area is 121 Å². The van der Waals surface area contributed by atoms with Crippen LogP contribution >= 0.6 is 11.9 Å². The Morgan fingerprint density at radius 3 is 2.32 bits per heavy atom. The van der Waals surface area contributed by atoms with Crippen molar-refractivity contribution in [1.29, 1.82) is 0 Å². The fourth-order valence-corrected chi connectivity index (χ4v) is 3.23. The predicted molar refractivity (Wildman–Crippen MR) is 85.7 cm³/mol. The summed E-state index contributed by atoms with van der Waals surface area (Å²) >= 11 is 1.87. The quantitative estimate of drug-likeness (QED) is 0.836. The molecule has 1 aromatic rings. The highest BCUT2D eigenvalue weighted by Gasteiger charge is 2.31. The van der Waals surface area contributed by atoms with Crippen LogP contribution in [0.5, 0.6) is 0 Å². The fraction of sp³-hybridized carbons (Fsp3) is 0.500. The van der Waals surface area contributed by atoms with Crippen molar-refractivity contribution in [3.8, 4) is 0 Å². The lowest BCUT2D eigenvalue weighted by molar-refractivity contribution is 0.292. The number of rotatable bonds is 3. The second-order valence-electron chi connectivity index (χ2n) is 6.27. The van der Waals surface area contributed by atoms with Crippen LogP contribution in [0.2, 0.25) is 0 Å². The number of hydrogen-bond donors (Lipinski definition) is 1. The van der Waals surface area contributed by atoms with E-state index in [1.807, 2.05) is 11.9 Å². The molecule has 0 amide bonds. The Morgan fingerprint density at radius 1 is 1.16 bits per heavy atom. The van der Waals surface area contributed by atoms with E-state index in [0.717, 1.165) is 6.54 Å². The van der Waals surface area contributed by atoms with Crippen molar-refractivity contribution < 1.29 is 0 Å². The van der Waals surface area contributed by atoms with Gasteiger partial charge in [0.1, 0.15) is 0 Å². The van der Waals surface area contributed by atoms with E-state index in [-0.39, 0.29) is 5.54 Å². The van der Waals surface area contributed by atoms with Crippen LogP contribution in [0.25, 0.3) is 4.91 Å². The summed E-state index contributed by atoms with van der Waals surface area (Å²) in [5.41, 5.74) is 2.83. The standard InChI is InChI=1S/C16H24N2S/c1-12(2)17-14-11-18(16(3,4)5)19-15(14)13-9-7-6-8-10-13/h6-10,12,17H,11H2,1-5H3. The average molecular weight is 276 g/mol. The molecule has 1 aliphatic rings. The van der Waals surface area contributed by atoms with Crippen LogP contribution < -0.4 is 5.32 Å². The van der Waals surface area contributed by atoms with E-state index in [4.69, 9.17) is 0 Å². The van der Waals surface area contributed by atoms with Gasteiger partial charge in [-0.2, -0.15) is 0 Å². The van der Waals surface area contributed by atoms with Crippen molar-refractivity contribution >= 4 is 16.9 Å². The smallest absolute Gasteiger partial charge is 0.0509 e. The molecule has 0 fully saturated rings. The van der Waals surface area contributed by atoms with Gasteiger partial charge in [0.15, 0.2) is 0 Å². The predicted octanol–water partition coefficient (Wildman–Crippen LogP) is 4.12. The van der Waals surface area contributed by atoms with Gasteiger partial charge in [-0.15, -0.1) is 0 Å². The minimum atomic E-state index is 0.172. The van der Waals surface area contributed by atoms with Gasteiger partial charge in [0.05, 0.1) is 11.4 Å². The largest absolute Gasteiger partial charge is 0.384 e. The first-order chi connectivity index (χ1) is 8.88. The van der Waals surface area contributed by atoms with Crippen LogP contribution in [-0.4, -0.2) is 22.4 Å². The first-order valence-electron chi connectivity index (χ1n) is 6.88. The normalized spacial score (nSPS) is 17.4. The first kappa shape index (κ1) is 14.5. The second kappa shape index (κ2) is 5.59. The van der Waals surface area contributed by atoms with Crippen molar-refractivity contribution in [1.82, 2.24) is 9.62 Å². The number of benzene rings is 1. The molecule has 0 radical (unpaired) electrons. The molecule has 1 aliphatic heterocycles. The summed E-state index contributed by atoms with van der Waals surface area (Å²) in [6, 6.07) is 11.1. The maximum atomic E-state index is 3.61. The topological polar surface area (TPSA) is 15.3 Å². The van der Waals surface area contributed by atoms with Gasteiger partial charge in [-0.25, -0.2) is 4.31 Å². The third kappa shape index (κ3) is 3.54. The molecule has 104 valence electrons. The zero-order valence-electron chi connectivity index (χ0n) is 12.5. The molecule has 3 heteroatoms. The third-order valence-corrected chi connectivity index (χ3v) is 4.59. The lowest BCUT2D eigenvalue weighted by atomic mass is 10.1. The summed E-state index contributed by atoms with van der Waals surface area (Å²) in [5.74, 6) is 0. The van der Waals surface area contributed by atoms with Gasteiger partial charge in [-0.05, 0) is 52.1 Å². The maximum Gasteiger partial charge on any atom is 0.0509 e. The Bertz CT molecular complexity index is 457. The van der Waals surface area contributed by atoms with Gasteiger partial charge in [-0.3, -0.25) is 0 Å². The molecule has 0 saturated carbocycles. The molecule has 1 aromatic carbocycles. The number of nitrogens with zero attached hydrogens (tertiary/aromatic N) is 1. The van der Waals surface area contributed by atoms with Gasteiger partial charge < -0.3 is 5.32 Å². The minimum Gasteiger partial charge on any atom is -0.384 e. The van der Waals surface area contributed by atoms with E-state index in [2.05, 4.69) is 74.6 Å². The van der Waals surface area contributed by atoms with Crippen LogP contribution in [0.1, 0.15) is 40.2 Å². The summed E-state index contributed by atoms with van der Waals surface area (Å²) in [6.07, 6.45) is 0. The highest BCUT2D eigenvalue weighted by molar-refractivity contribution is 8.06. The van der Waals surface area contributed by atoms with Gasteiger partial charge >= 0.3 is 0 Å². The van der Waals surface area contributed by atoms with Crippen molar-refractivity contribution in [3.63, 3.8) is 0 Å².